The number of rotatable bonds is 8. The van der Waals surface area contributed by atoms with Crippen LogP contribution in [0, 0.1) is 0 Å². The Balaban J connectivity index is 0.000000167. The van der Waals surface area contributed by atoms with Crippen LogP contribution in [-0.4, -0.2) is 48.5 Å². The third-order valence-corrected chi connectivity index (χ3v) is 9.09. The Bertz CT molecular complexity index is 2880. The molecule has 9 rings (SSSR count). The summed E-state index contributed by atoms with van der Waals surface area (Å²) in [5.74, 6) is 1.02. The fourth-order valence-electron chi connectivity index (χ4n) is 6.27. The van der Waals surface area contributed by atoms with Crippen molar-refractivity contribution in [2.24, 2.45) is 0 Å². The van der Waals surface area contributed by atoms with E-state index in [1.54, 1.807) is 47.3 Å². The molecular weight excluding hydrogens is 787 g/mol. The average Bonchev–Trinajstić information content (AvgIpc) is 4.00. The van der Waals surface area contributed by atoms with Gasteiger partial charge in [0.1, 0.15) is 34.3 Å². The first-order valence-corrected chi connectivity index (χ1v) is 18.3. The zero-order valence-electron chi connectivity index (χ0n) is 31.6. The third-order valence-electron chi connectivity index (χ3n) is 9.09. The molecule has 2 N–H and O–H groups in total. The zero-order chi connectivity index (χ0) is 42.0. The summed E-state index contributed by atoms with van der Waals surface area (Å²) in [6.07, 6.45) is 0.0980. The van der Waals surface area contributed by atoms with Crippen molar-refractivity contribution >= 4 is 34.3 Å². The highest BCUT2D eigenvalue weighted by atomic mass is 19.4. The van der Waals surface area contributed by atoms with Gasteiger partial charge in [0.15, 0.2) is 23.0 Å². The first-order chi connectivity index (χ1) is 28.8. The van der Waals surface area contributed by atoms with Gasteiger partial charge in [0, 0.05) is 48.6 Å². The van der Waals surface area contributed by atoms with E-state index in [0.29, 0.717) is 17.6 Å². The molecular formula is C42H32F6N12. The van der Waals surface area contributed by atoms with Gasteiger partial charge >= 0.3 is 12.4 Å². The molecule has 7 heterocycles. The van der Waals surface area contributed by atoms with Crippen molar-refractivity contribution in [3.63, 3.8) is 0 Å². The average molecular weight is 819 g/mol. The van der Waals surface area contributed by atoms with E-state index in [2.05, 4.69) is 59.5 Å². The van der Waals surface area contributed by atoms with E-state index in [-0.39, 0.29) is 34.3 Å². The molecule has 0 bridgehead atoms. The van der Waals surface area contributed by atoms with Gasteiger partial charge in [-0.2, -0.15) is 31.4 Å². The molecule has 0 atom stereocenters. The molecule has 0 amide bonds. The van der Waals surface area contributed by atoms with E-state index in [1.807, 2.05) is 60.8 Å². The largest absolute Gasteiger partial charge is 0.435 e. The van der Waals surface area contributed by atoms with Crippen LogP contribution in [0.5, 0.6) is 0 Å². The topological polar surface area (TPSA) is 128 Å². The lowest BCUT2D eigenvalue weighted by Crippen LogP contribution is -2.09. The summed E-state index contributed by atoms with van der Waals surface area (Å²) in [5.41, 5.74) is 1.48. The van der Waals surface area contributed by atoms with Gasteiger partial charge in [-0.25, -0.2) is 34.6 Å². The second-order valence-corrected chi connectivity index (χ2v) is 13.5. The number of benzene rings is 2. The molecule has 0 saturated heterocycles. The Morgan fingerprint density at radius 2 is 1.00 bits per heavy atom. The molecule has 12 nitrogen and oxygen atoms in total. The Labute approximate surface area is 337 Å². The number of nitrogens with one attached hydrogen (secondary N) is 2. The Morgan fingerprint density at radius 1 is 0.517 bits per heavy atom. The molecule has 0 radical (unpaired) electrons. The van der Waals surface area contributed by atoms with Crippen LogP contribution in [-0.2, 0) is 12.4 Å². The van der Waals surface area contributed by atoms with Gasteiger partial charge in [-0.05, 0) is 90.3 Å². The summed E-state index contributed by atoms with van der Waals surface area (Å²) in [6.45, 7) is 4.21. The summed E-state index contributed by atoms with van der Waals surface area (Å²) in [7, 11) is 0. The molecule has 9 aromatic rings. The number of aromatic nitrogens is 10. The molecule has 0 aliphatic carbocycles. The van der Waals surface area contributed by atoms with Crippen molar-refractivity contribution in [3.05, 3.63) is 157 Å². The number of alkyl halides is 6. The molecule has 0 fully saturated rings. The minimum atomic E-state index is -4.64. The lowest BCUT2D eigenvalue weighted by molar-refractivity contribution is -0.141. The third kappa shape index (κ3) is 8.33. The molecule has 7 aromatic heterocycles. The summed E-state index contributed by atoms with van der Waals surface area (Å²) in [4.78, 5) is 24.2. The molecule has 302 valence electrons. The maximum Gasteiger partial charge on any atom is 0.435 e. The maximum atomic E-state index is 13.6. The number of fused-ring (bicyclic) bond motifs is 2. The zero-order valence-corrected chi connectivity index (χ0v) is 31.6. The number of imidazole rings is 2. The van der Waals surface area contributed by atoms with Crippen molar-refractivity contribution in [2.75, 3.05) is 10.6 Å². The molecule has 18 heteroatoms. The van der Waals surface area contributed by atoms with Crippen LogP contribution in [0.15, 0.2) is 140 Å². The molecule has 0 aliphatic heterocycles. The van der Waals surface area contributed by atoms with Gasteiger partial charge < -0.3 is 10.6 Å². The van der Waals surface area contributed by atoms with Crippen LogP contribution in [0.4, 0.5) is 49.4 Å². The van der Waals surface area contributed by atoms with Gasteiger partial charge in [0.25, 0.3) is 0 Å². The van der Waals surface area contributed by atoms with Gasteiger partial charge in [0.2, 0.25) is 0 Å². The Kier molecular flexibility index (Phi) is 10.4. The van der Waals surface area contributed by atoms with Gasteiger partial charge in [0.05, 0.1) is 5.69 Å². The van der Waals surface area contributed by atoms with E-state index in [9.17, 15) is 26.3 Å². The number of hydrogen-bond acceptors (Lipinski definition) is 9. The lowest BCUT2D eigenvalue weighted by Gasteiger charge is -2.10. The predicted octanol–water partition coefficient (Wildman–Crippen LogP) is 10.4. The normalized spacial score (nSPS) is 11.8. The smallest absolute Gasteiger partial charge is 0.340 e. The van der Waals surface area contributed by atoms with Crippen LogP contribution >= 0.6 is 0 Å². The van der Waals surface area contributed by atoms with Crippen LogP contribution < -0.4 is 10.6 Å². The first kappa shape index (κ1) is 39.2. The van der Waals surface area contributed by atoms with Crippen LogP contribution in [0.3, 0.4) is 0 Å². The number of hydrogen-bond donors (Lipinski definition) is 2. The molecule has 60 heavy (non-hydrogen) atoms. The summed E-state index contributed by atoms with van der Waals surface area (Å²) in [5, 5.41) is 10.4. The molecule has 0 saturated carbocycles. The number of pyridine rings is 2. The van der Waals surface area contributed by atoms with E-state index >= 15 is 0 Å². The van der Waals surface area contributed by atoms with Crippen molar-refractivity contribution in [1.82, 2.24) is 48.5 Å². The number of halogens is 6. The standard InChI is InChI=1S/C21H14F3N7.C21H18F3N5/c22-21(23,24)19-18(30-12-2-1-4-17(30)29-19)20-25-11-9-16(28-20)27-14-5-7-15(8-6-14)31-13-3-10-26-31;1-13(2)14-6-8-15(9-7-14)26-16-10-11-25-20(27-16)18-19(21(22,23)24)28-17-5-3-4-12-29(17)18/h1-13H,(H,25,27,28);3-13H,1-2H3,(H,25,26,27). The fourth-order valence-corrected chi connectivity index (χ4v) is 6.27. The Hall–Kier alpha value is -7.63. The van der Waals surface area contributed by atoms with E-state index < -0.39 is 23.7 Å². The minimum absolute atomic E-state index is 0.0557. The summed E-state index contributed by atoms with van der Waals surface area (Å²) >= 11 is 0. The van der Waals surface area contributed by atoms with E-state index in [4.69, 9.17) is 0 Å². The van der Waals surface area contributed by atoms with E-state index in [0.717, 1.165) is 17.1 Å². The quantitative estimate of drug-likeness (QED) is 0.144. The summed E-state index contributed by atoms with van der Waals surface area (Å²) in [6, 6.07) is 29.8. The highest BCUT2D eigenvalue weighted by Gasteiger charge is 2.40. The van der Waals surface area contributed by atoms with Crippen molar-refractivity contribution in [1.29, 1.82) is 0 Å². The summed E-state index contributed by atoms with van der Waals surface area (Å²) < 4.78 is 86.0. The molecule has 2 aromatic carbocycles. The van der Waals surface area contributed by atoms with Crippen molar-refractivity contribution < 1.29 is 26.3 Å². The van der Waals surface area contributed by atoms with Crippen molar-refractivity contribution in [2.45, 2.75) is 32.1 Å². The predicted molar refractivity (Wildman–Crippen MR) is 213 cm³/mol. The van der Waals surface area contributed by atoms with Crippen LogP contribution in [0.25, 0.3) is 40.0 Å². The second-order valence-electron chi connectivity index (χ2n) is 13.5. The van der Waals surface area contributed by atoms with Gasteiger partial charge in [-0.1, -0.05) is 38.1 Å². The SMILES string of the molecule is CC(C)c1ccc(Nc2ccnc(-c3c(C(F)(F)F)nc4ccccn34)n2)cc1.FC(F)(F)c1nc2ccccn2c1-c1nccc(Nc2ccc(-n3cccn3)cc2)n1. The van der Waals surface area contributed by atoms with Gasteiger partial charge in [-0.15, -0.1) is 0 Å². The van der Waals surface area contributed by atoms with E-state index in [1.165, 1.54) is 51.3 Å². The maximum absolute atomic E-state index is 13.6. The van der Waals surface area contributed by atoms with Crippen LogP contribution in [0.1, 0.15) is 36.7 Å². The van der Waals surface area contributed by atoms with Crippen molar-refractivity contribution in [3.8, 4) is 28.7 Å². The second kappa shape index (κ2) is 16.0. The fraction of sp³-hybridized carbons (Fsp3) is 0.119. The first-order valence-electron chi connectivity index (χ1n) is 18.3. The number of nitrogens with zero attached hydrogens (tertiary/aromatic N) is 10. The monoisotopic (exact) mass is 818 g/mol. The minimum Gasteiger partial charge on any atom is -0.340 e. The highest BCUT2D eigenvalue weighted by Crippen LogP contribution is 2.38. The van der Waals surface area contributed by atoms with Crippen LogP contribution in [0.2, 0.25) is 0 Å². The molecule has 0 unspecified atom stereocenters. The highest BCUT2D eigenvalue weighted by molar-refractivity contribution is 5.67. The lowest BCUT2D eigenvalue weighted by atomic mass is 10.0. The number of anilines is 4. The van der Waals surface area contributed by atoms with Gasteiger partial charge in [-0.3, -0.25) is 8.80 Å². The molecule has 0 aliphatic rings. The Morgan fingerprint density at radius 3 is 1.43 bits per heavy atom. The molecule has 0 spiro atoms.